The van der Waals surface area contributed by atoms with E-state index in [4.69, 9.17) is 5.11 Å². The van der Waals surface area contributed by atoms with Crippen LogP contribution in [0.5, 0.6) is 0 Å². The zero-order valence-corrected chi connectivity index (χ0v) is 8.41. The predicted octanol–water partition coefficient (Wildman–Crippen LogP) is 0.779. The minimum atomic E-state index is -4.24. The van der Waals surface area contributed by atoms with Crippen molar-refractivity contribution in [3.8, 4) is 0 Å². The van der Waals surface area contributed by atoms with Crippen molar-refractivity contribution in [1.82, 2.24) is 5.32 Å². The molecule has 0 heterocycles. The van der Waals surface area contributed by atoms with E-state index in [0.717, 1.165) is 0 Å². The lowest BCUT2D eigenvalue weighted by Gasteiger charge is -2.10. The SMILES string of the molecule is CC(CO)NC(=O)CSCC(F)(F)F. The molecule has 0 bridgehead atoms. The average Bonchev–Trinajstić information content (AvgIpc) is 2.01. The summed E-state index contributed by atoms with van der Waals surface area (Å²) in [5, 5.41) is 10.9. The summed E-state index contributed by atoms with van der Waals surface area (Å²) in [6.45, 7) is 1.34. The molecule has 0 aliphatic heterocycles. The van der Waals surface area contributed by atoms with E-state index in [0.29, 0.717) is 11.8 Å². The van der Waals surface area contributed by atoms with Crippen LogP contribution in [0.25, 0.3) is 0 Å². The molecule has 0 rings (SSSR count). The van der Waals surface area contributed by atoms with Gasteiger partial charge in [0.25, 0.3) is 0 Å². The number of carbonyl (C=O) groups excluding carboxylic acids is 1. The standard InChI is InChI=1S/C7H12F3NO2S/c1-5(2-12)11-6(13)3-14-4-7(8,9)10/h5,12H,2-4H2,1H3,(H,11,13). The Bertz CT molecular complexity index is 186. The van der Waals surface area contributed by atoms with E-state index in [1.807, 2.05) is 0 Å². The van der Waals surface area contributed by atoms with E-state index in [2.05, 4.69) is 5.32 Å². The van der Waals surface area contributed by atoms with E-state index < -0.39 is 23.9 Å². The first-order chi connectivity index (χ1) is 6.35. The normalized spacial score (nSPS) is 13.8. The Morgan fingerprint density at radius 2 is 2.14 bits per heavy atom. The van der Waals surface area contributed by atoms with Gasteiger partial charge in [0, 0.05) is 6.04 Å². The van der Waals surface area contributed by atoms with E-state index >= 15 is 0 Å². The first-order valence-corrected chi connectivity index (χ1v) is 5.05. The summed E-state index contributed by atoms with van der Waals surface area (Å²) >= 11 is 0.502. The zero-order chi connectivity index (χ0) is 11.2. The van der Waals surface area contributed by atoms with Gasteiger partial charge in [0.2, 0.25) is 5.91 Å². The van der Waals surface area contributed by atoms with Gasteiger partial charge in [-0.05, 0) is 6.92 Å². The van der Waals surface area contributed by atoms with Crippen LogP contribution in [0.3, 0.4) is 0 Å². The monoisotopic (exact) mass is 231 g/mol. The third-order valence-electron chi connectivity index (χ3n) is 1.18. The lowest BCUT2D eigenvalue weighted by Crippen LogP contribution is -2.36. The van der Waals surface area contributed by atoms with Gasteiger partial charge < -0.3 is 10.4 Å². The molecule has 0 spiro atoms. The first kappa shape index (κ1) is 13.6. The molecule has 3 nitrogen and oxygen atoms in total. The van der Waals surface area contributed by atoms with Gasteiger partial charge in [-0.1, -0.05) is 0 Å². The van der Waals surface area contributed by atoms with Gasteiger partial charge in [0.15, 0.2) is 0 Å². The maximum absolute atomic E-state index is 11.6. The van der Waals surface area contributed by atoms with Gasteiger partial charge in [0.1, 0.15) is 0 Å². The van der Waals surface area contributed by atoms with Crippen LogP contribution >= 0.6 is 11.8 Å². The summed E-state index contributed by atoms with van der Waals surface area (Å²) in [4.78, 5) is 10.9. The first-order valence-electron chi connectivity index (χ1n) is 3.90. The summed E-state index contributed by atoms with van der Waals surface area (Å²) in [6.07, 6.45) is -4.24. The molecule has 7 heteroatoms. The van der Waals surface area contributed by atoms with Crippen molar-refractivity contribution in [3.05, 3.63) is 0 Å². The molecular formula is C7H12F3NO2S. The second-order valence-corrected chi connectivity index (χ2v) is 3.74. The summed E-state index contributed by atoms with van der Waals surface area (Å²) in [5.41, 5.74) is 0. The van der Waals surface area contributed by atoms with Crippen molar-refractivity contribution in [2.45, 2.75) is 19.1 Å². The van der Waals surface area contributed by atoms with Gasteiger partial charge in [-0.25, -0.2) is 0 Å². The molecule has 0 saturated carbocycles. The van der Waals surface area contributed by atoms with Crippen LogP contribution in [-0.4, -0.2) is 41.3 Å². The van der Waals surface area contributed by atoms with Crippen LogP contribution in [0, 0.1) is 0 Å². The highest BCUT2D eigenvalue weighted by Crippen LogP contribution is 2.20. The zero-order valence-electron chi connectivity index (χ0n) is 7.60. The fourth-order valence-electron chi connectivity index (χ4n) is 0.622. The second-order valence-electron chi connectivity index (χ2n) is 2.76. The quantitative estimate of drug-likeness (QED) is 0.735. The molecule has 1 unspecified atom stereocenters. The lowest BCUT2D eigenvalue weighted by atomic mass is 10.4. The van der Waals surface area contributed by atoms with Crippen molar-refractivity contribution in [2.75, 3.05) is 18.1 Å². The molecule has 0 aromatic heterocycles. The molecule has 0 aromatic carbocycles. The lowest BCUT2D eigenvalue weighted by molar-refractivity contribution is -0.119. The van der Waals surface area contributed by atoms with Gasteiger partial charge >= 0.3 is 6.18 Å². The van der Waals surface area contributed by atoms with Crippen molar-refractivity contribution in [3.63, 3.8) is 0 Å². The minimum absolute atomic E-state index is 0.227. The Hall–Kier alpha value is -0.430. The Kier molecular flexibility index (Phi) is 5.94. The van der Waals surface area contributed by atoms with Crippen LogP contribution in [0.4, 0.5) is 13.2 Å². The number of nitrogens with one attached hydrogen (secondary N) is 1. The van der Waals surface area contributed by atoms with Crippen molar-refractivity contribution in [2.24, 2.45) is 0 Å². The Morgan fingerprint density at radius 3 is 2.57 bits per heavy atom. The van der Waals surface area contributed by atoms with Crippen molar-refractivity contribution >= 4 is 17.7 Å². The third-order valence-corrected chi connectivity index (χ3v) is 2.18. The fourth-order valence-corrected chi connectivity index (χ4v) is 1.22. The molecule has 84 valence electrons. The number of aliphatic hydroxyl groups excluding tert-OH is 1. The number of halogens is 3. The number of thioether (sulfide) groups is 1. The number of hydrogen-bond acceptors (Lipinski definition) is 3. The molecule has 0 saturated heterocycles. The second kappa shape index (κ2) is 6.13. The maximum Gasteiger partial charge on any atom is 0.397 e. The van der Waals surface area contributed by atoms with E-state index in [1.54, 1.807) is 6.92 Å². The van der Waals surface area contributed by atoms with Crippen LogP contribution in [0.2, 0.25) is 0 Å². The minimum Gasteiger partial charge on any atom is -0.394 e. The Morgan fingerprint density at radius 1 is 1.57 bits per heavy atom. The number of hydrogen-bond donors (Lipinski definition) is 2. The number of carbonyl (C=O) groups is 1. The third kappa shape index (κ3) is 8.18. The molecule has 0 fully saturated rings. The Labute approximate surface area is 84.1 Å². The van der Waals surface area contributed by atoms with Crippen LogP contribution in [0.15, 0.2) is 0 Å². The molecule has 0 aliphatic carbocycles. The summed E-state index contributed by atoms with van der Waals surface area (Å²) in [6, 6.07) is -0.422. The van der Waals surface area contributed by atoms with E-state index in [-0.39, 0.29) is 12.4 Å². The molecule has 0 radical (unpaired) electrons. The van der Waals surface area contributed by atoms with Crippen LogP contribution in [0.1, 0.15) is 6.92 Å². The van der Waals surface area contributed by atoms with E-state index in [9.17, 15) is 18.0 Å². The molecule has 0 aromatic rings. The number of amides is 1. The van der Waals surface area contributed by atoms with Crippen LogP contribution in [-0.2, 0) is 4.79 Å². The molecular weight excluding hydrogens is 219 g/mol. The van der Waals surface area contributed by atoms with Gasteiger partial charge in [0.05, 0.1) is 18.1 Å². The van der Waals surface area contributed by atoms with Crippen molar-refractivity contribution < 1.29 is 23.1 Å². The molecule has 14 heavy (non-hydrogen) atoms. The Balaban J connectivity index is 3.55. The fraction of sp³-hybridized carbons (Fsp3) is 0.857. The van der Waals surface area contributed by atoms with Gasteiger partial charge in [-0.3, -0.25) is 4.79 Å². The van der Waals surface area contributed by atoms with Crippen molar-refractivity contribution in [1.29, 1.82) is 0 Å². The number of rotatable bonds is 5. The predicted molar refractivity (Wildman–Crippen MR) is 48.1 cm³/mol. The van der Waals surface area contributed by atoms with Gasteiger partial charge in [-0.15, -0.1) is 11.8 Å². The highest BCUT2D eigenvalue weighted by Gasteiger charge is 2.27. The molecule has 2 N–H and O–H groups in total. The highest BCUT2D eigenvalue weighted by molar-refractivity contribution is 8.00. The summed E-state index contributed by atoms with van der Waals surface area (Å²) in [7, 11) is 0. The molecule has 1 amide bonds. The maximum atomic E-state index is 11.6. The smallest absolute Gasteiger partial charge is 0.394 e. The summed E-state index contributed by atoms with van der Waals surface area (Å²) < 4.78 is 34.9. The van der Waals surface area contributed by atoms with Crippen LogP contribution < -0.4 is 5.32 Å². The number of aliphatic hydroxyl groups is 1. The molecule has 1 atom stereocenters. The topological polar surface area (TPSA) is 49.3 Å². The molecule has 0 aliphatic rings. The summed E-state index contributed by atoms with van der Waals surface area (Å²) in [5.74, 6) is -1.78. The highest BCUT2D eigenvalue weighted by atomic mass is 32.2. The number of alkyl halides is 3. The largest absolute Gasteiger partial charge is 0.397 e. The van der Waals surface area contributed by atoms with Gasteiger partial charge in [-0.2, -0.15) is 13.2 Å². The average molecular weight is 231 g/mol. The van der Waals surface area contributed by atoms with E-state index in [1.165, 1.54) is 0 Å².